The van der Waals surface area contributed by atoms with E-state index in [2.05, 4.69) is 135 Å². The quantitative estimate of drug-likeness (QED) is 0.0195. The SMILES string of the molecule is CC/C=C\C/C=C\C/C=C\C/C=C\C/C=C\C/C=C\CCCCC(=O)OC1C(OCC(NC(=O)C(O)CCCCCCCCCCCCCCC/C=C\C/C=C\C/C=C\CCCCC)C(O)/C=C/CCCCCCCCCCCCC)OC(CO)C(O)C1O. The van der Waals surface area contributed by atoms with Crippen molar-refractivity contribution in [2.75, 3.05) is 13.2 Å². The largest absolute Gasteiger partial charge is 0.454 e. The van der Waals surface area contributed by atoms with Crippen LogP contribution in [0.5, 0.6) is 0 Å². The lowest BCUT2D eigenvalue weighted by Crippen LogP contribution is -2.61. The summed E-state index contributed by atoms with van der Waals surface area (Å²) in [6, 6.07) is -1.04. The first kappa shape index (κ1) is 83.1. The lowest BCUT2D eigenvalue weighted by atomic mass is 9.99. The molecule has 8 atom stereocenters. The van der Waals surface area contributed by atoms with E-state index in [0.717, 1.165) is 103 Å². The fraction of sp³-hybridized carbons (Fsp3) is 0.718. The maximum atomic E-state index is 13.5. The molecule has 0 aromatic heterocycles. The lowest BCUT2D eigenvalue weighted by molar-refractivity contribution is -0.305. The number of carbonyl (C=O) groups excluding carboxylic acids is 2. The van der Waals surface area contributed by atoms with Crippen LogP contribution in [0.2, 0.25) is 0 Å². The molecule has 1 fully saturated rings. The van der Waals surface area contributed by atoms with Crippen molar-refractivity contribution in [3.05, 3.63) is 122 Å². The Morgan fingerprint density at radius 2 is 0.809 bits per heavy atom. The zero-order valence-electron chi connectivity index (χ0n) is 56.8. The van der Waals surface area contributed by atoms with Gasteiger partial charge in [-0.25, -0.2) is 0 Å². The van der Waals surface area contributed by atoms with Gasteiger partial charge in [-0.15, -0.1) is 0 Å². The summed E-state index contributed by atoms with van der Waals surface area (Å²) in [5.74, 6) is -1.24. The zero-order chi connectivity index (χ0) is 64.6. The molecule has 0 spiro atoms. The van der Waals surface area contributed by atoms with Crippen LogP contribution in [0.15, 0.2) is 122 Å². The minimum absolute atomic E-state index is 0.0631. The van der Waals surface area contributed by atoms with Crippen LogP contribution in [0.4, 0.5) is 0 Å². The number of nitrogens with one attached hydrogen (secondary N) is 1. The minimum atomic E-state index is -1.64. The van der Waals surface area contributed by atoms with E-state index in [1.165, 1.54) is 148 Å². The summed E-state index contributed by atoms with van der Waals surface area (Å²) in [4.78, 5) is 26.7. The van der Waals surface area contributed by atoms with E-state index in [4.69, 9.17) is 14.2 Å². The molecule has 0 radical (unpaired) electrons. The number of amides is 1. The van der Waals surface area contributed by atoms with Crippen LogP contribution in [0.3, 0.4) is 0 Å². The predicted octanol–water partition coefficient (Wildman–Crippen LogP) is 19.0. The standard InChI is InChI=1S/C78H133NO10/c1-4-7-10-13-16-19-22-25-27-29-31-33-34-35-36-37-39-40-42-44-47-50-53-56-59-62-65-71(82)77(86)79-69(70(81)64-61-58-55-52-49-46-24-21-18-15-12-9-6-3)68-87-78-76(75(85)74(84)72(67-80)88-78)89-73(83)66-63-60-57-54-51-48-45-43-41-38-32-30-28-26-23-20-17-14-11-8-5-2/h8,11,16-17,19-20,25-28,31-33,38,43,45,51,54,61,64,69-72,74-76,78,80-82,84-85H,4-7,9-10,12-15,18,21-24,29-30,34-37,39-42,44,46-50,52-53,55-60,62-63,65-68H2,1-3H3,(H,79,86)/b11-8-,19-16-,20-17-,27-25-,28-26-,33-31-,38-32-,45-43-,54-51-,64-61+. The van der Waals surface area contributed by atoms with Gasteiger partial charge in [0.15, 0.2) is 12.4 Å². The number of aliphatic hydroxyl groups is 5. The molecule has 0 saturated carbocycles. The van der Waals surface area contributed by atoms with Gasteiger partial charge >= 0.3 is 5.97 Å². The second kappa shape index (κ2) is 64.2. The second-order valence-electron chi connectivity index (χ2n) is 24.6. The minimum Gasteiger partial charge on any atom is -0.454 e. The summed E-state index contributed by atoms with van der Waals surface area (Å²) in [5.41, 5.74) is 0. The highest BCUT2D eigenvalue weighted by Gasteiger charge is 2.47. The third kappa shape index (κ3) is 51.3. The molecule has 0 aromatic carbocycles. The molecule has 1 rings (SSSR count). The van der Waals surface area contributed by atoms with Gasteiger partial charge in [-0.1, -0.05) is 296 Å². The van der Waals surface area contributed by atoms with E-state index in [1.807, 2.05) is 6.08 Å². The Kier molecular flexibility index (Phi) is 59.9. The zero-order valence-corrected chi connectivity index (χ0v) is 56.8. The van der Waals surface area contributed by atoms with E-state index in [0.29, 0.717) is 12.8 Å². The van der Waals surface area contributed by atoms with Crippen molar-refractivity contribution >= 4 is 11.9 Å². The molecule has 510 valence electrons. The van der Waals surface area contributed by atoms with E-state index < -0.39 is 67.4 Å². The van der Waals surface area contributed by atoms with Crippen molar-refractivity contribution in [3.63, 3.8) is 0 Å². The first-order chi connectivity index (χ1) is 43.7. The topological polar surface area (TPSA) is 175 Å². The molecule has 1 saturated heterocycles. The van der Waals surface area contributed by atoms with Crippen LogP contribution in [-0.4, -0.2) is 99.6 Å². The summed E-state index contributed by atoms with van der Waals surface area (Å²) >= 11 is 0. The molecule has 1 amide bonds. The third-order valence-electron chi connectivity index (χ3n) is 16.3. The van der Waals surface area contributed by atoms with Crippen LogP contribution < -0.4 is 5.32 Å². The molecular weight excluding hydrogens is 1110 g/mol. The highest BCUT2D eigenvalue weighted by molar-refractivity contribution is 5.80. The van der Waals surface area contributed by atoms with Crippen LogP contribution in [0.25, 0.3) is 0 Å². The van der Waals surface area contributed by atoms with E-state index in [-0.39, 0.29) is 19.4 Å². The molecule has 11 heteroatoms. The Hall–Kier alpha value is -3.94. The van der Waals surface area contributed by atoms with E-state index in [9.17, 15) is 35.1 Å². The van der Waals surface area contributed by atoms with Gasteiger partial charge < -0.3 is 45.1 Å². The highest BCUT2D eigenvalue weighted by atomic mass is 16.7. The highest BCUT2D eigenvalue weighted by Crippen LogP contribution is 2.26. The average Bonchev–Trinajstić information content (AvgIpc) is 2.24. The number of aliphatic hydroxyl groups excluding tert-OH is 5. The molecule has 0 aromatic rings. The van der Waals surface area contributed by atoms with E-state index >= 15 is 0 Å². The number of hydrogen-bond acceptors (Lipinski definition) is 10. The van der Waals surface area contributed by atoms with Crippen molar-refractivity contribution in [3.8, 4) is 0 Å². The average molecular weight is 1240 g/mol. The molecule has 0 aliphatic carbocycles. The molecule has 8 unspecified atom stereocenters. The normalized spacial score (nSPS) is 18.9. The van der Waals surface area contributed by atoms with Gasteiger partial charge in [0.1, 0.15) is 24.4 Å². The van der Waals surface area contributed by atoms with Gasteiger partial charge in [-0.3, -0.25) is 9.59 Å². The Morgan fingerprint density at radius 3 is 1.24 bits per heavy atom. The van der Waals surface area contributed by atoms with Gasteiger partial charge in [0.25, 0.3) is 0 Å². The van der Waals surface area contributed by atoms with Crippen LogP contribution in [0.1, 0.15) is 297 Å². The van der Waals surface area contributed by atoms with Crippen LogP contribution in [0, 0.1) is 0 Å². The molecule has 1 aliphatic rings. The number of rotatable bonds is 61. The van der Waals surface area contributed by atoms with Crippen molar-refractivity contribution in [1.82, 2.24) is 5.32 Å². The van der Waals surface area contributed by atoms with Crippen molar-refractivity contribution < 1.29 is 49.3 Å². The number of hydrogen-bond donors (Lipinski definition) is 6. The van der Waals surface area contributed by atoms with Crippen LogP contribution in [-0.2, 0) is 23.8 Å². The summed E-state index contributed by atoms with van der Waals surface area (Å²) in [6.45, 7) is 5.65. The second-order valence-corrected chi connectivity index (χ2v) is 24.6. The predicted molar refractivity (Wildman–Crippen MR) is 374 cm³/mol. The maximum Gasteiger partial charge on any atom is 0.306 e. The first-order valence-corrected chi connectivity index (χ1v) is 36.3. The first-order valence-electron chi connectivity index (χ1n) is 36.3. The van der Waals surface area contributed by atoms with Crippen molar-refractivity contribution in [2.24, 2.45) is 0 Å². The lowest BCUT2D eigenvalue weighted by Gasteiger charge is -2.41. The number of esters is 1. The van der Waals surface area contributed by atoms with E-state index in [1.54, 1.807) is 6.08 Å². The summed E-state index contributed by atoms with van der Waals surface area (Å²) in [5, 5.41) is 57.3. The molecule has 0 bridgehead atoms. The number of allylic oxidation sites excluding steroid dienone is 19. The number of unbranched alkanes of at least 4 members (excludes halogenated alkanes) is 29. The number of ether oxygens (including phenoxy) is 3. The Labute approximate surface area is 544 Å². The Balaban J connectivity index is 2.61. The Bertz CT molecular complexity index is 1920. The van der Waals surface area contributed by atoms with Gasteiger partial charge in [-0.05, 0) is 116 Å². The summed E-state index contributed by atoms with van der Waals surface area (Å²) in [6.07, 6.45) is 79.5. The van der Waals surface area contributed by atoms with Gasteiger partial charge in [-0.2, -0.15) is 0 Å². The summed E-state index contributed by atoms with van der Waals surface area (Å²) in [7, 11) is 0. The fourth-order valence-corrected chi connectivity index (χ4v) is 10.7. The van der Waals surface area contributed by atoms with Gasteiger partial charge in [0.2, 0.25) is 5.91 Å². The molecule has 11 nitrogen and oxygen atoms in total. The monoisotopic (exact) mass is 1240 g/mol. The maximum absolute atomic E-state index is 13.5. The fourth-order valence-electron chi connectivity index (χ4n) is 10.7. The van der Waals surface area contributed by atoms with Crippen molar-refractivity contribution in [1.29, 1.82) is 0 Å². The van der Waals surface area contributed by atoms with Crippen LogP contribution >= 0.6 is 0 Å². The van der Waals surface area contributed by atoms with Gasteiger partial charge in [0, 0.05) is 6.42 Å². The molecule has 1 aliphatic heterocycles. The molecule has 89 heavy (non-hydrogen) atoms. The Morgan fingerprint density at radius 1 is 0.449 bits per heavy atom. The van der Waals surface area contributed by atoms with Crippen molar-refractivity contribution in [2.45, 2.75) is 346 Å². The summed E-state index contributed by atoms with van der Waals surface area (Å²) < 4.78 is 17.7. The third-order valence-corrected chi connectivity index (χ3v) is 16.3. The van der Waals surface area contributed by atoms with Gasteiger partial charge in [0.05, 0.1) is 25.4 Å². The molecule has 6 N–H and O–H groups in total. The molecular formula is C78H133NO10. The smallest absolute Gasteiger partial charge is 0.306 e. The molecule has 1 heterocycles. The number of carbonyl (C=O) groups is 2.